The SMILES string of the molecule is CC(C)c1ccc(NC(=O)C2CCN(OC(=O)C(C)(C)C)CC2)c(Br)c1. The number of nitrogens with one attached hydrogen (secondary N) is 1. The molecule has 0 unspecified atom stereocenters. The third kappa shape index (κ3) is 5.55. The monoisotopic (exact) mass is 424 g/mol. The van der Waals surface area contributed by atoms with E-state index in [2.05, 4.69) is 41.2 Å². The van der Waals surface area contributed by atoms with Gasteiger partial charge in [-0.1, -0.05) is 19.9 Å². The number of hydrogen-bond acceptors (Lipinski definition) is 4. The Kier molecular flexibility index (Phi) is 6.86. The molecule has 1 fully saturated rings. The van der Waals surface area contributed by atoms with Crippen LogP contribution in [0.2, 0.25) is 0 Å². The van der Waals surface area contributed by atoms with Crippen LogP contribution in [0.3, 0.4) is 0 Å². The Hall–Kier alpha value is -1.40. The normalized spacial score (nSPS) is 16.6. The van der Waals surface area contributed by atoms with Crippen LogP contribution in [0.1, 0.15) is 58.9 Å². The summed E-state index contributed by atoms with van der Waals surface area (Å²) in [6, 6.07) is 6.03. The molecule has 1 aliphatic rings. The van der Waals surface area contributed by atoms with Crippen LogP contribution in [-0.4, -0.2) is 30.0 Å². The van der Waals surface area contributed by atoms with Gasteiger partial charge in [0.1, 0.15) is 0 Å². The Bertz CT molecular complexity index is 660. The molecule has 0 aromatic heterocycles. The first-order valence-electron chi connectivity index (χ1n) is 9.15. The lowest BCUT2D eigenvalue weighted by atomic mass is 9.96. The second kappa shape index (κ2) is 8.53. The van der Waals surface area contributed by atoms with Crippen molar-refractivity contribution in [3.05, 3.63) is 28.2 Å². The fourth-order valence-corrected chi connectivity index (χ4v) is 3.19. The maximum absolute atomic E-state index is 12.6. The maximum Gasteiger partial charge on any atom is 0.330 e. The Morgan fingerprint density at radius 3 is 2.35 bits per heavy atom. The molecule has 1 heterocycles. The summed E-state index contributed by atoms with van der Waals surface area (Å²) in [6.45, 7) is 10.9. The van der Waals surface area contributed by atoms with Crippen molar-refractivity contribution in [1.29, 1.82) is 0 Å². The van der Waals surface area contributed by atoms with E-state index < -0.39 is 5.41 Å². The van der Waals surface area contributed by atoms with Crippen molar-refractivity contribution in [1.82, 2.24) is 5.06 Å². The predicted octanol–water partition coefficient (Wildman–Crippen LogP) is 4.73. The van der Waals surface area contributed by atoms with E-state index in [4.69, 9.17) is 4.84 Å². The summed E-state index contributed by atoms with van der Waals surface area (Å²) in [4.78, 5) is 29.9. The van der Waals surface area contributed by atoms with Gasteiger partial charge in [0.25, 0.3) is 0 Å². The molecule has 0 spiro atoms. The molecule has 1 saturated heterocycles. The van der Waals surface area contributed by atoms with Gasteiger partial charge in [0.15, 0.2) is 0 Å². The summed E-state index contributed by atoms with van der Waals surface area (Å²) in [6.07, 6.45) is 1.34. The first kappa shape index (κ1) is 20.9. The van der Waals surface area contributed by atoms with E-state index in [1.165, 1.54) is 5.56 Å². The van der Waals surface area contributed by atoms with E-state index in [0.29, 0.717) is 31.8 Å². The quantitative estimate of drug-likeness (QED) is 0.758. The number of rotatable bonds is 4. The molecule has 1 aromatic rings. The fraction of sp³-hybridized carbons (Fsp3) is 0.600. The number of halogens is 1. The molecule has 26 heavy (non-hydrogen) atoms. The maximum atomic E-state index is 12.6. The van der Waals surface area contributed by atoms with Gasteiger partial charge in [-0.05, 0) is 73.2 Å². The number of carbonyl (C=O) groups is 2. The van der Waals surface area contributed by atoms with Crippen LogP contribution >= 0.6 is 15.9 Å². The molecule has 1 amide bonds. The largest absolute Gasteiger partial charge is 0.367 e. The van der Waals surface area contributed by atoms with Crippen molar-refractivity contribution in [3.63, 3.8) is 0 Å². The van der Waals surface area contributed by atoms with Crippen LogP contribution in [0, 0.1) is 11.3 Å². The van der Waals surface area contributed by atoms with Gasteiger partial charge in [-0.15, -0.1) is 5.06 Å². The van der Waals surface area contributed by atoms with Crippen molar-refractivity contribution in [3.8, 4) is 0 Å². The van der Waals surface area contributed by atoms with E-state index >= 15 is 0 Å². The van der Waals surface area contributed by atoms with Gasteiger partial charge in [-0.3, -0.25) is 4.79 Å². The summed E-state index contributed by atoms with van der Waals surface area (Å²) in [5.74, 6) is 0.145. The third-order valence-corrected chi connectivity index (χ3v) is 5.22. The minimum absolute atomic E-state index is 0.0183. The molecule has 0 saturated carbocycles. The summed E-state index contributed by atoms with van der Waals surface area (Å²) in [5.41, 5.74) is 1.49. The van der Waals surface area contributed by atoms with Gasteiger partial charge < -0.3 is 10.2 Å². The van der Waals surface area contributed by atoms with E-state index in [-0.39, 0.29) is 17.8 Å². The lowest BCUT2D eigenvalue weighted by Crippen LogP contribution is -2.41. The topological polar surface area (TPSA) is 58.6 Å². The van der Waals surface area contributed by atoms with Crippen LogP contribution in [-0.2, 0) is 14.4 Å². The second-order valence-corrected chi connectivity index (χ2v) is 9.07. The number of hydroxylamine groups is 2. The first-order chi connectivity index (χ1) is 12.1. The number of hydrogen-bond donors (Lipinski definition) is 1. The standard InChI is InChI=1S/C20H29BrN2O3/c1-13(2)15-6-7-17(16(21)12-15)22-18(24)14-8-10-23(11-9-14)26-19(25)20(3,4)5/h6-7,12-14H,8-11H2,1-5H3,(H,22,24). The molecule has 0 bridgehead atoms. The van der Waals surface area contributed by atoms with Gasteiger partial charge >= 0.3 is 5.97 Å². The number of piperidine rings is 1. The Balaban J connectivity index is 1.88. The molecule has 1 aromatic carbocycles. The molecule has 0 radical (unpaired) electrons. The van der Waals surface area contributed by atoms with Crippen LogP contribution in [0.5, 0.6) is 0 Å². The fourth-order valence-electron chi connectivity index (χ4n) is 2.69. The molecule has 0 atom stereocenters. The first-order valence-corrected chi connectivity index (χ1v) is 9.95. The van der Waals surface area contributed by atoms with Crippen molar-refractivity contribution in [2.75, 3.05) is 18.4 Å². The molecule has 0 aliphatic carbocycles. The summed E-state index contributed by atoms with van der Waals surface area (Å²) >= 11 is 3.54. The molecule has 144 valence electrons. The van der Waals surface area contributed by atoms with Crippen LogP contribution < -0.4 is 5.32 Å². The molecular formula is C20H29BrN2O3. The molecule has 2 rings (SSSR count). The number of amides is 1. The highest BCUT2D eigenvalue weighted by Crippen LogP contribution is 2.28. The van der Waals surface area contributed by atoms with Crippen LogP contribution in [0.4, 0.5) is 5.69 Å². The predicted molar refractivity (Wildman–Crippen MR) is 107 cm³/mol. The van der Waals surface area contributed by atoms with Crippen molar-refractivity contribution >= 4 is 33.5 Å². The Morgan fingerprint density at radius 1 is 1.23 bits per heavy atom. The minimum atomic E-state index is -0.525. The van der Waals surface area contributed by atoms with Gasteiger partial charge in [-0.25, -0.2) is 4.79 Å². The van der Waals surface area contributed by atoms with Gasteiger partial charge in [0.2, 0.25) is 5.91 Å². The summed E-state index contributed by atoms with van der Waals surface area (Å²) in [5, 5.41) is 4.69. The van der Waals surface area contributed by atoms with E-state index in [9.17, 15) is 9.59 Å². The van der Waals surface area contributed by atoms with Gasteiger partial charge in [0, 0.05) is 23.5 Å². The van der Waals surface area contributed by atoms with E-state index in [1.54, 1.807) is 5.06 Å². The number of carbonyl (C=O) groups excluding carboxylic acids is 2. The lowest BCUT2D eigenvalue weighted by Gasteiger charge is -2.31. The molecule has 6 heteroatoms. The van der Waals surface area contributed by atoms with Crippen molar-refractivity contribution < 1.29 is 14.4 Å². The van der Waals surface area contributed by atoms with Gasteiger partial charge in [0.05, 0.1) is 11.1 Å². The lowest BCUT2D eigenvalue weighted by molar-refractivity contribution is -0.205. The Labute approximate surface area is 164 Å². The van der Waals surface area contributed by atoms with E-state index in [1.807, 2.05) is 32.9 Å². The highest BCUT2D eigenvalue weighted by Gasteiger charge is 2.30. The molecule has 1 N–H and O–H groups in total. The smallest absolute Gasteiger partial charge is 0.330 e. The van der Waals surface area contributed by atoms with Crippen LogP contribution in [0.25, 0.3) is 0 Å². The summed E-state index contributed by atoms with van der Waals surface area (Å²) in [7, 11) is 0. The zero-order chi connectivity index (χ0) is 19.5. The number of anilines is 1. The highest BCUT2D eigenvalue weighted by atomic mass is 79.9. The van der Waals surface area contributed by atoms with E-state index in [0.717, 1.165) is 10.2 Å². The molecule has 1 aliphatic heterocycles. The number of nitrogens with zero attached hydrogens (tertiary/aromatic N) is 1. The zero-order valence-electron chi connectivity index (χ0n) is 16.3. The molecule has 5 nitrogen and oxygen atoms in total. The zero-order valence-corrected chi connectivity index (χ0v) is 17.9. The highest BCUT2D eigenvalue weighted by molar-refractivity contribution is 9.10. The Morgan fingerprint density at radius 2 is 1.85 bits per heavy atom. The van der Waals surface area contributed by atoms with Crippen molar-refractivity contribution in [2.45, 2.75) is 53.4 Å². The minimum Gasteiger partial charge on any atom is -0.367 e. The average molecular weight is 425 g/mol. The average Bonchev–Trinajstić information content (AvgIpc) is 2.56. The molecular weight excluding hydrogens is 396 g/mol. The van der Waals surface area contributed by atoms with Crippen molar-refractivity contribution in [2.24, 2.45) is 11.3 Å². The summed E-state index contributed by atoms with van der Waals surface area (Å²) < 4.78 is 0.897. The van der Waals surface area contributed by atoms with Crippen LogP contribution in [0.15, 0.2) is 22.7 Å². The second-order valence-electron chi connectivity index (χ2n) is 8.22. The van der Waals surface area contributed by atoms with Gasteiger partial charge in [-0.2, -0.15) is 0 Å². The third-order valence-electron chi connectivity index (χ3n) is 4.57. The number of benzene rings is 1.